The number of carbonyl (C=O) groups is 1. The van der Waals surface area contributed by atoms with Crippen LogP contribution in [0.1, 0.15) is 12.0 Å². The minimum Gasteiger partial charge on any atom is -0.311 e. The first-order chi connectivity index (χ1) is 14.6. The zero-order valence-corrected chi connectivity index (χ0v) is 17.6. The van der Waals surface area contributed by atoms with Crippen molar-refractivity contribution in [3.05, 3.63) is 101 Å². The number of hydrogen-bond acceptors (Lipinski definition) is 2. The normalized spacial score (nSPS) is 10.7. The van der Waals surface area contributed by atoms with Gasteiger partial charge >= 0.3 is 0 Å². The van der Waals surface area contributed by atoms with Gasteiger partial charge in [-0.2, -0.15) is 5.10 Å². The molecule has 0 aliphatic carbocycles. The quantitative estimate of drug-likeness (QED) is 0.379. The van der Waals surface area contributed by atoms with Gasteiger partial charge in [-0.3, -0.25) is 4.79 Å². The Bertz CT molecular complexity index is 1160. The number of benzene rings is 3. The average molecular weight is 436 g/mol. The number of hydrogen-bond donors (Lipinski definition) is 1. The zero-order valence-electron chi connectivity index (χ0n) is 16.1. The molecule has 4 nitrogen and oxygen atoms in total. The predicted molar refractivity (Wildman–Crippen MR) is 122 cm³/mol. The van der Waals surface area contributed by atoms with Crippen LogP contribution in [0, 0.1) is 0 Å². The molecule has 0 radical (unpaired) electrons. The number of aryl methyl sites for hydroxylation is 1. The van der Waals surface area contributed by atoms with E-state index >= 15 is 0 Å². The van der Waals surface area contributed by atoms with Gasteiger partial charge in [0.05, 0.1) is 16.4 Å². The van der Waals surface area contributed by atoms with Gasteiger partial charge in [0, 0.05) is 23.1 Å². The van der Waals surface area contributed by atoms with Crippen molar-refractivity contribution in [2.75, 3.05) is 5.32 Å². The highest BCUT2D eigenvalue weighted by Crippen LogP contribution is 2.30. The number of halogens is 2. The third-order valence-corrected chi connectivity index (χ3v) is 5.22. The lowest BCUT2D eigenvalue weighted by molar-refractivity contribution is -0.116. The lowest BCUT2D eigenvalue weighted by Crippen LogP contribution is -2.15. The number of carbonyl (C=O) groups excluding carboxylic acids is 1. The highest BCUT2D eigenvalue weighted by Gasteiger charge is 2.16. The van der Waals surface area contributed by atoms with E-state index in [-0.39, 0.29) is 5.91 Å². The first-order valence-corrected chi connectivity index (χ1v) is 10.3. The van der Waals surface area contributed by atoms with Crippen LogP contribution in [0.25, 0.3) is 16.9 Å². The zero-order chi connectivity index (χ0) is 20.9. The molecule has 3 aromatic carbocycles. The second-order valence-electron chi connectivity index (χ2n) is 6.82. The van der Waals surface area contributed by atoms with Crippen molar-refractivity contribution in [3.8, 4) is 16.9 Å². The van der Waals surface area contributed by atoms with Crippen molar-refractivity contribution in [1.82, 2.24) is 9.78 Å². The van der Waals surface area contributed by atoms with E-state index in [9.17, 15) is 4.79 Å². The summed E-state index contributed by atoms with van der Waals surface area (Å²) in [6, 6.07) is 26.7. The molecule has 6 heteroatoms. The summed E-state index contributed by atoms with van der Waals surface area (Å²) in [6.07, 6.45) is 1.02. The summed E-state index contributed by atoms with van der Waals surface area (Å²) in [4.78, 5) is 12.7. The van der Waals surface area contributed by atoms with Crippen molar-refractivity contribution in [1.29, 1.82) is 0 Å². The molecule has 30 heavy (non-hydrogen) atoms. The van der Waals surface area contributed by atoms with Gasteiger partial charge in [-0.15, -0.1) is 0 Å². The molecule has 1 amide bonds. The fraction of sp³-hybridized carbons (Fsp3) is 0.0833. The molecule has 150 valence electrons. The number of nitrogens with one attached hydrogen (secondary N) is 1. The molecule has 4 aromatic rings. The van der Waals surface area contributed by atoms with Crippen molar-refractivity contribution < 1.29 is 4.79 Å². The molecular weight excluding hydrogens is 417 g/mol. The largest absolute Gasteiger partial charge is 0.311 e. The first kappa shape index (κ1) is 20.2. The van der Waals surface area contributed by atoms with Crippen molar-refractivity contribution in [2.24, 2.45) is 0 Å². The fourth-order valence-corrected chi connectivity index (χ4v) is 3.52. The third-order valence-electron chi connectivity index (χ3n) is 4.67. The minimum absolute atomic E-state index is 0.0993. The van der Waals surface area contributed by atoms with E-state index in [4.69, 9.17) is 23.2 Å². The molecule has 0 aliphatic rings. The van der Waals surface area contributed by atoms with Crippen LogP contribution in [-0.4, -0.2) is 15.7 Å². The van der Waals surface area contributed by atoms with Crippen molar-refractivity contribution in [3.63, 3.8) is 0 Å². The maximum atomic E-state index is 12.7. The van der Waals surface area contributed by atoms with Gasteiger partial charge in [-0.1, -0.05) is 83.9 Å². The molecule has 0 aliphatic heterocycles. The highest BCUT2D eigenvalue weighted by atomic mass is 35.5. The molecule has 4 rings (SSSR count). The topological polar surface area (TPSA) is 46.9 Å². The summed E-state index contributed by atoms with van der Waals surface area (Å²) < 4.78 is 1.62. The van der Waals surface area contributed by atoms with Crippen molar-refractivity contribution in [2.45, 2.75) is 12.8 Å². The smallest absolute Gasteiger partial charge is 0.225 e. The molecule has 1 heterocycles. The van der Waals surface area contributed by atoms with Crippen LogP contribution >= 0.6 is 23.2 Å². The second kappa shape index (κ2) is 9.16. The second-order valence-corrected chi connectivity index (χ2v) is 7.67. The molecule has 0 saturated carbocycles. The number of aromatic nitrogens is 2. The van der Waals surface area contributed by atoms with Crippen LogP contribution in [-0.2, 0) is 11.2 Å². The number of rotatable bonds is 6. The molecule has 0 atom stereocenters. The van der Waals surface area contributed by atoms with Crippen LogP contribution < -0.4 is 5.32 Å². The maximum Gasteiger partial charge on any atom is 0.225 e. The van der Waals surface area contributed by atoms with E-state index in [1.807, 2.05) is 66.7 Å². The lowest BCUT2D eigenvalue weighted by Gasteiger charge is -2.11. The first-order valence-electron chi connectivity index (χ1n) is 9.55. The summed E-state index contributed by atoms with van der Waals surface area (Å²) in [6.45, 7) is 0. The SMILES string of the molecule is O=C(CCc1ccccc1)Nc1cc(-c2ccccc2)nn1-c1cc(Cl)ccc1Cl. The van der Waals surface area contributed by atoms with E-state index < -0.39 is 0 Å². The molecule has 0 fully saturated rings. The predicted octanol–water partition coefficient (Wildman–Crippen LogP) is 6.42. The molecule has 0 spiro atoms. The molecule has 0 bridgehead atoms. The van der Waals surface area contributed by atoms with Gasteiger partial charge < -0.3 is 5.32 Å². The Labute approximate surface area is 185 Å². The fourth-order valence-electron chi connectivity index (χ4n) is 3.16. The van der Waals surface area contributed by atoms with E-state index in [1.165, 1.54) is 0 Å². The summed E-state index contributed by atoms with van der Waals surface area (Å²) in [7, 11) is 0. The Kier molecular flexibility index (Phi) is 6.17. The van der Waals surface area contributed by atoms with Crippen LogP contribution in [0.4, 0.5) is 5.82 Å². The standard InChI is InChI=1S/C24H19Cl2N3O/c25-19-12-13-20(26)22(15-19)29-23(16-21(28-29)18-9-5-2-6-10-18)27-24(30)14-11-17-7-3-1-4-8-17/h1-10,12-13,15-16H,11,14H2,(H,27,30). The van der Waals surface area contributed by atoms with Gasteiger partial charge in [0.1, 0.15) is 5.82 Å². The third kappa shape index (κ3) is 4.73. The van der Waals surface area contributed by atoms with Gasteiger partial charge in [0.2, 0.25) is 5.91 Å². The monoisotopic (exact) mass is 435 g/mol. The summed E-state index contributed by atoms with van der Waals surface area (Å²) in [5.74, 6) is 0.439. The van der Waals surface area contributed by atoms with Crippen LogP contribution in [0.15, 0.2) is 84.9 Å². The Morgan fingerprint density at radius 3 is 2.33 bits per heavy atom. The Morgan fingerprint density at radius 2 is 1.60 bits per heavy atom. The molecule has 0 saturated heterocycles. The van der Waals surface area contributed by atoms with E-state index in [2.05, 4.69) is 10.4 Å². The van der Waals surface area contributed by atoms with Gasteiger partial charge in [0.25, 0.3) is 0 Å². The summed E-state index contributed by atoms with van der Waals surface area (Å²) >= 11 is 12.6. The average Bonchev–Trinajstić information content (AvgIpc) is 3.19. The number of nitrogens with zero attached hydrogens (tertiary/aromatic N) is 2. The van der Waals surface area contributed by atoms with Crippen LogP contribution in [0.3, 0.4) is 0 Å². The molecular formula is C24H19Cl2N3O. The maximum absolute atomic E-state index is 12.7. The minimum atomic E-state index is -0.0993. The van der Waals surface area contributed by atoms with Crippen LogP contribution in [0.5, 0.6) is 0 Å². The molecule has 1 N–H and O–H groups in total. The lowest BCUT2D eigenvalue weighted by atomic mass is 10.1. The number of amides is 1. The Hall–Kier alpha value is -3.08. The van der Waals surface area contributed by atoms with Crippen molar-refractivity contribution >= 4 is 34.9 Å². The highest BCUT2D eigenvalue weighted by molar-refractivity contribution is 6.34. The van der Waals surface area contributed by atoms with E-state index in [0.717, 1.165) is 16.8 Å². The van der Waals surface area contributed by atoms with E-state index in [0.29, 0.717) is 34.4 Å². The van der Waals surface area contributed by atoms with E-state index in [1.54, 1.807) is 22.9 Å². The summed E-state index contributed by atoms with van der Waals surface area (Å²) in [5, 5.41) is 8.68. The van der Waals surface area contributed by atoms with Gasteiger partial charge in [-0.05, 0) is 30.2 Å². The Morgan fingerprint density at radius 1 is 0.900 bits per heavy atom. The van der Waals surface area contributed by atoms with Crippen LogP contribution in [0.2, 0.25) is 10.0 Å². The Balaban J connectivity index is 1.64. The number of anilines is 1. The molecule has 1 aromatic heterocycles. The van der Waals surface area contributed by atoms with Gasteiger partial charge in [-0.25, -0.2) is 4.68 Å². The van der Waals surface area contributed by atoms with Gasteiger partial charge in [0.15, 0.2) is 0 Å². The molecule has 0 unspecified atom stereocenters. The summed E-state index contributed by atoms with van der Waals surface area (Å²) in [5.41, 5.74) is 3.38.